The Kier molecular flexibility index (Phi) is 0.714. The van der Waals surface area contributed by atoms with Gasteiger partial charge in [-0.2, -0.15) is 4.99 Å². The van der Waals surface area contributed by atoms with Crippen LogP contribution in [0.5, 0.6) is 0 Å². The van der Waals surface area contributed by atoms with Gasteiger partial charge in [0.2, 0.25) is 0 Å². The van der Waals surface area contributed by atoms with Crippen molar-refractivity contribution in [2.45, 2.75) is 0 Å². The molecule has 0 spiro atoms. The van der Waals surface area contributed by atoms with Gasteiger partial charge in [0.25, 0.3) is 0 Å². The summed E-state index contributed by atoms with van der Waals surface area (Å²) in [5, 5.41) is 6.27. The van der Waals surface area contributed by atoms with E-state index in [9.17, 15) is 4.79 Å². The van der Waals surface area contributed by atoms with E-state index >= 15 is 0 Å². The van der Waals surface area contributed by atoms with Gasteiger partial charge in [0.15, 0.2) is 5.84 Å². The number of amides is 2. The summed E-state index contributed by atoms with van der Waals surface area (Å²) in [5.74, 6) is 0.185. The van der Waals surface area contributed by atoms with E-state index in [1.807, 2.05) is 0 Å². The standard InChI is InChI=1S/C3H2N3O/c1-2-4-3(7)6-5-2/h1H2. The normalized spacial score (nSPS) is 17.9. The van der Waals surface area contributed by atoms with Crippen molar-refractivity contribution in [3.63, 3.8) is 0 Å². The molecule has 4 heteroatoms. The van der Waals surface area contributed by atoms with Crippen LogP contribution >= 0.6 is 0 Å². The molecule has 7 heavy (non-hydrogen) atoms. The molecule has 1 rings (SSSR count). The molecule has 0 aromatic heterocycles. The molecule has 1 aliphatic rings. The minimum Gasteiger partial charge on any atom is -0.242 e. The number of carbonyl (C=O) groups excluding carboxylic acids is 1. The molecule has 0 saturated heterocycles. The molecule has 0 fully saturated rings. The van der Waals surface area contributed by atoms with Gasteiger partial charge in [-0.25, -0.2) is 4.79 Å². The Hall–Kier alpha value is -1.06. The summed E-state index contributed by atoms with van der Waals surface area (Å²) in [5.41, 5.74) is 0. The van der Waals surface area contributed by atoms with E-state index in [0.29, 0.717) is 0 Å². The molecule has 0 atom stereocenters. The number of hydrogen-bond acceptors (Lipinski definition) is 2. The first-order valence-corrected chi connectivity index (χ1v) is 1.65. The average molecular weight is 96.1 g/mol. The largest absolute Gasteiger partial charge is 0.387 e. The van der Waals surface area contributed by atoms with Crippen LogP contribution in [0.3, 0.4) is 0 Å². The van der Waals surface area contributed by atoms with E-state index < -0.39 is 6.03 Å². The minimum absolute atomic E-state index is 0.185. The maximum Gasteiger partial charge on any atom is 0.387 e. The van der Waals surface area contributed by atoms with Crippen LogP contribution in [0.25, 0.3) is 0 Å². The van der Waals surface area contributed by atoms with Crippen molar-refractivity contribution >= 4 is 11.9 Å². The third-order valence-corrected chi connectivity index (χ3v) is 0.476. The fourth-order valence-electron chi connectivity index (χ4n) is 0.256. The lowest BCUT2D eigenvalue weighted by Gasteiger charge is -1.66. The van der Waals surface area contributed by atoms with Crippen LogP contribution in [0.1, 0.15) is 0 Å². The number of aliphatic imine (C=N–C) groups is 1. The van der Waals surface area contributed by atoms with Crippen LogP contribution in [0.4, 0.5) is 4.79 Å². The second-order valence-corrected chi connectivity index (χ2v) is 1.01. The quantitative estimate of drug-likeness (QED) is 0.440. The lowest BCUT2D eigenvalue weighted by molar-refractivity contribution is 0.257. The van der Waals surface area contributed by atoms with Gasteiger partial charge in [0.1, 0.15) is 0 Å². The number of carbonyl (C=O) groups is 1. The van der Waals surface area contributed by atoms with E-state index in [0.717, 1.165) is 0 Å². The molecule has 1 radical (unpaired) electrons. The molecule has 0 saturated carbocycles. The van der Waals surface area contributed by atoms with Crippen molar-refractivity contribution < 1.29 is 4.79 Å². The molecule has 4 nitrogen and oxygen atoms in total. The molecule has 0 aliphatic carbocycles. The van der Waals surface area contributed by atoms with E-state index in [1.54, 1.807) is 0 Å². The predicted molar refractivity (Wildman–Crippen MR) is 23.0 cm³/mol. The Bertz CT molecular complexity index is 158. The topological polar surface area (TPSA) is 54.1 Å². The van der Waals surface area contributed by atoms with Crippen molar-refractivity contribution in [3.05, 3.63) is 6.92 Å². The predicted octanol–water partition coefficient (Wildman–Crippen LogP) is 0.805. The zero-order valence-electron chi connectivity index (χ0n) is 3.46. The maximum absolute atomic E-state index is 9.97. The van der Waals surface area contributed by atoms with Gasteiger partial charge in [-0.15, -0.1) is 5.11 Å². The highest BCUT2D eigenvalue weighted by Crippen LogP contribution is 1.95. The van der Waals surface area contributed by atoms with Crippen LogP contribution in [0.2, 0.25) is 0 Å². The van der Waals surface area contributed by atoms with Crippen molar-refractivity contribution in [1.82, 2.24) is 0 Å². The highest BCUT2D eigenvalue weighted by atomic mass is 16.2. The number of urea groups is 1. The molecular weight excluding hydrogens is 94.1 g/mol. The summed E-state index contributed by atoms with van der Waals surface area (Å²) >= 11 is 0. The zero-order chi connectivity index (χ0) is 5.28. The molecule has 0 bridgehead atoms. The van der Waals surface area contributed by atoms with E-state index in [1.165, 1.54) is 0 Å². The van der Waals surface area contributed by atoms with Crippen molar-refractivity contribution in [2.75, 3.05) is 0 Å². The maximum atomic E-state index is 9.97. The summed E-state index contributed by atoms with van der Waals surface area (Å²) < 4.78 is 0. The molecule has 0 unspecified atom stereocenters. The third kappa shape index (κ3) is 0.677. The van der Waals surface area contributed by atoms with Crippen molar-refractivity contribution in [2.24, 2.45) is 15.2 Å². The molecular formula is C3H2N3O. The van der Waals surface area contributed by atoms with Gasteiger partial charge in [-0.05, 0) is 0 Å². The van der Waals surface area contributed by atoms with Crippen molar-refractivity contribution in [3.8, 4) is 0 Å². The Morgan fingerprint density at radius 2 is 2.14 bits per heavy atom. The monoisotopic (exact) mass is 96.0 g/mol. The van der Waals surface area contributed by atoms with Gasteiger partial charge < -0.3 is 0 Å². The summed E-state index contributed by atoms with van der Waals surface area (Å²) in [6, 6.07) is -0.565. The van der Waals surface area contributed by atoms with Crippen molar-refractivity contribution in [1.29, 1.82) is 0 Å². The highest BCUT2D eigenvalue weighted by Gasteiger charge is 2.02. The highest BCUT2D eigenvalue weighted by molar-refractivity contribution is 6.00. The number of amidine groups is 1. The van der Waals surface area contributed by atoms with Gasteiger partial charge in [0.05, 0.1) is 0 Å². The van der Waals surface area contributed by atoms with Gasteiger partial charge >= 0.3 is 6.03 Å². The van der Waals surface area contributed by atoms with Gasteiger partial charge in [0, 0.05) is 6.92 Å². The first-order chi connectivity index (χ1) is 3.29. The summed E-state index contributed by atoms with van der Waals surface area (Å²) in [7, 11) is 0. The molecule has 0 N–H and O–H groups in total. The smallest absolute Gasteiger partial charge is 0.242 e. The van der Waals surface area contributed by atoms with Crippen LogP contribution in [0.15, 0.2) is 15.2 Å². The second-order valence-electron chi connectivity index (χ2n) is 1.01. The zero-order valence-corrected chi connectivity index (χ0v) is 3.46. The summed E-state index contributed by atoms with van der Waals surface area (Å²) in [6.45, 7) is 3.26. The number of azo groups is 1. The fourth-order valence-corrected chi connectivity index (χ4v) is 0.256. The molecule has 1 heterocycles. The molecule has 0 aromatic carbocycles. The molecule has 0 aromatic rings. The first kappa shape index (κ1) is 4.11. The summed E-state index contributed by atoms with van der Waals surface area (Å²) in [4.78, 5) is 13.2. The minimum atomic E-state index is -0.565. The Morgan fingerprint density at radius 3 is 2.29 bits per heavy atom. The third-order valence-electron chi connectivity index (χ3n) is 0.476. The first-order valence-electron chi connectivity index (χ1n) is 1.65. The van der Waals surface area contributed by atoms with Crippen LogP contribution in [-0.4, -0.2) is 11.9 Å². The van der Waals surface area contributed by atoms with Crippen LogP contribution in [0, 0.1) is 6.92 Å². The lowest BCUT2D eigenvalue weighted by Crippen LogP contribution is -1.78. The van der Waals surface area contributed by atoms with Crippen LogP contribution < -0.4 is 0 Å². The van der Waals surface area contributed by atoms with Gasteiger partial charge in [-0.3, -0.25) is 0 Å². The van der Waals surface area contributed by atoms with E-state index in [-0.39, 0.29) is 5.84 Å². The van der Waals surface area contributed by atoms with E-state index in [2.05, 4.69) is 22.1 Å². The number of rotatable bonds is 0. The SMILES string of the molecule is [CH2]C1=NC(=O)N=N1. The Balaban J connectivity index is 2.88. The van der Waals surface area contributed by atoms with Crippen LogP contribution in [-0.2, 0) is 0 Å². The summed E-state index contributed by atoms with van der Waals surface area (Å²) in [6.07, 6.45) is 0. The Morgan fingerprint density at radius 1 is 1.43 bits per heavy atom. The molecule has 35 valence electrons. The Labute approximate surface area is 40.0 Å². The van der Waals surface area contributed by atoms with E-state index in [4.69, 9.17) is 0 Å². The molecule has 2 amide bonds. The number of nitrogens with zero attached hydrogens (tertiary/aromatic N) is 3. The fraction of sp³-hybridized carbons (Fsp3) is 0. The average Bonchev–Trinajstić information content (AvgIpc) is 1.87. The second kappa shape index (κ2) is 1.22. The lowest BCUT2D eigenvalue weighted by atomic mass is 10.7. The van der Waals surface area contributed by atoms with Gasteiger partial charge in [-0.1, -0.05) is 5.11 Å². The molecule has 1 aliphatic heterocycles. The number of hydrogen-bond donors (Lipinski definition) is 0.